The third-order valence-electron chi connectivity index (χ3n) is 6.39. The fraction of sp³-hybridized carbons (Fsp3) is 0.480. The number of carbonyl (C=O) groups excluding carboxylic acids is 1. The zero-order chi connectivity index (χ0) is 22.5. The highest BCUT2D eigenvalue weighted by Crippen LogP contribution is 2.30. The zero-order valence-corrected chi connectivity index (χ0v) is 19.8. The number of hydrogen-bond acceptors (Lipinski definition) is 5. The molecule has 1 aliphatic heterocycles. The molecule has 1 atom stereocenters. The Labute approximate surface area is 193 Å². The molecule has 4 rings (SSSR count). The van der Waals surface area contributed by atoms with Crippen LogP contribution in [0.1, 0.15) is 44.6 Å². The normalized spacial score (nSPS) is 17.0. The number of rotatable bonds is 8. The molecular formula is C25H32N4O2S. The van der Waals surface area contributed by atoms with E-state index in [1.807, 2.05) is 36.6 Å². The Hall–Kier alpha value is -2.51. The number of benzene rings is 1. The highest BCUT2D eigenvalue weighted by atomic mass is 32.1. The number of carbonyl (C=O) groups is 1. The standard InChI is InChI=1S/C25H32N4O2S/c1-18-7-9-20(10-8-18)21-16-32-24-23(21)25(31)29(17-27-24)15-11-22(30)26-12-5-14-28-13-4-3-6-19(28)2/h7-10,16-17,19H,3-6,11-15H2,1-2H3,(H,26,30). The van der Waals surface area contributed by atoms with Crippen LogP contribution in [0.5, 0.6) is 0 Å². The van der Waals surface area contributed by atoms with Gasteiger partial charge in [-0.25, -0.2) is 4.98 Å². The molecule has 7 heteroatoms. The van der Waals surface area contributed by atoms with Gasteiger partial charge in [0.1, 0.15) is 4.83 Å². The molecule has 32 heavy (non-hydrogen) atoms. The molecule has 3 heterocycles. The highest BCUT2D eigenvalue weighted by molar-refractivity contribution is 7.17. The van der Waals surface area contributed by atoms with Crippen molar-refractivity contribution in [3.8, 4) is 11.1 Å². The fourth-order valence-electron chi connectivity index (χ4n) is 4.38. The third kappa shape index (κ3) is 5.27. The molecule has 1 unspecified atom stereocenters. The van der Waals surface area contributed by atoms with Crippen LogP contribution in [-0.4, -0.2) is 46.0 Å². The average molecular weight is 453 g/mol. The Morgan fingerprint density at radius 3 is 2.81 bits per heavy atom. The second-order valence-corrected chi connectivity index (χ2v) is 9.63. The predicted molar refractivity (Wildman–Crippen MR) is 131 cm³/mol. The van der Waals surface area contributed by atoms with Crippen molar-refractivity contribution in [2.45, 2.75) is 58.5 Å². The number of aryl methyl sites for hydroxylation is 2. The maximum atomic E-state index is 13.1. The van der Waals surface area contributed by atoms with Crippen LogP contribution in [-0.2, 0) is 11.3 Å². The predicted octanol–water partition coefficient (Wildman–Crippen LogP) is 4.20. The van der Waals surface area contributed by atoms with Crippen LogP contribution >= 0.6 is 11.3 Å². The molecule has 3 aromatic rings. The second kappa shape index (κ2) is 10.4. The van der Waals surface area contributed by atoms with Crippen LogP contribution in [0.15, 0.2) is 40.8 Å². The summed E-state index contributed by atoms with van der Waals surface area (Å²) >= 11 is 1.48. The van der Waals surface area contributed by atoms with Crippen molar-refractivity contribution >= 4 is 27.5 Å². The maximum Gasteiger partial charge on any atom is 0.262 e. The Morgan fingerprint density at radius 2 is 2.03 bits per heavy atom. The minimum Gasteiger partial charge on any atom is -0.356 e. The summed E-state index contributed by atoms with van der Waals surface area (Å²) < 4.78 is 1.56. The molecule has 1 aliphatic rings. The van der Waals surface area contributed by atoms with Crippen molar-refractivity contribution in [1.82, 2.24) is 19.8 Å². The molecular weight excluding hydrogens is 420 g/mol. The first kappa shape index (κ1) is 22.7. The average Bonchev–Trinajstić information content (AvgIpc) is 3.23. The van der Waals surface area contributed by atoms with E-state index in [-0.39, 0.29) is 17.9 Å². The molecule has 0 radical (unpaired) electrons. The van der Waals surface area contributed by atoms with Gasteiger partial charge in [0.2, 0.25) is 5.91 Å². The second-order valence-electron chi connectivity index (χ2n) is 8.77. The van der Waals surface area contributed by atoms with E-state index in [4.69, 9.17) is 0 Å². The molecule has 0 aliphatic carbocycles. The number of nitrogens with zero attached hydrogens (tertiary/aromatic N) is 3. The number of nitrogens with one attached hydrogen (secondary N) is 1. The Kier molecular flexibility index (Phi) is 7.37. The van der Waals surface area contributed by atoms with Gasteiger partial charge in [0.05, 0.1) is 11.7 Å². The van der Waals surface area contributed by atoms with Gasteiger partial charge in [-0.15, -0.1) is 11.3 Å². The SMILES string of the molecule is Cc1ccc(-c2csc3ncn(CCC(=O)NCCCN4CCCCC4C)c(=O)c23)cc1. The summed E-state index contributed by atoms with van der Waals surface area (Å²) in [4.78, 5) is 33.2. The first-order chi connectivity index (χ1) is 15.5. The van der Waals surface area contributed by atoms with Gasteiger partial charge < -0.3 is 10.2 Å². The van der Waals surface area contributed by atoms with Gasteiger partial charge in [0.15, 0.2) is 0 Å². The van der Waals surface area contributed by atoms with Crippen LogP contribution in [0.25, 0.3) is 21.3 Å². The van der Waals surface area contributed by atoms with E-state index in [0.29, 0.717) is 24.5 Å². The molecule has 1 aromatic carbocycles. The van der Waals surface area contributed by atoms with Gasteiger partial charge in [-0.1, -0.05) is 36.2 Å². The van der Waals surface area contributed by atoms with E-state index < -0.39 is 0 Å². The summed E-state index contributed by atoms with van der Waals surface area (Å²) in [6, 6.07) is 8.81. The number of aromatic nitrogens is 2. The number of amides is 1. The zero-order valence-electron chi connectivity index (χ0n) is 19.0. The van der Waals surface area contributed by atoms with Crippen LogP contribution in [0.2, 0.25) is 0 Å². The summed E-state index contributed by atoms with van der Waals surface area (Å²) in [6.45, 7) is 7.54. The lowest BCUT2D eigenvalue weighted by Gasteiger charge is -2.33. The van der Waals surface area contributed by atoms with E-state index in [1.54, 1.807) is 10.9 Å². The lowest BCUT2D eigenvalue weighted by Crippen LogP contribution is -2.39. The van der Waals surface area contributed by atoms with Gasteiger partial charge in [-0.05, 0) is 45.2 Å². The minimum atomic E-state index is -0.0845. The van der Waals surface area contributed by atoms with Gasteiger partial charge in [0, 0.05) is 43.0 Å². The molecule has 2 aromatic heterocycles. The third-order valence-corrected chi connectivity index (χ3v) is 7.27. The molecule has 170 valence electrons. The number of thiophene rings is 1. The minimum absolute atomic E-state index is 0.0206. The van der Waals surface area contributed by atoms with Crippen molar-refractivity contribution in [3.63, 3.8) is 0 Å². The van der Waals surface area contributed by atoms with Crippen molar-refractivity contribution in [2.75, 3.05) is 19.6 Å². The van der Waals surface area contributed by atoms with Gasteiger partial charge >= 0.3 is 0 Å². The largest absolute Gasteiger partial charge is 0.356 e. The first-order valence-electron chi connectivity index (χ1n) is 11.6. The molecule has 1 saturated heterocycles. The number of fused-ring (bicyclic) bond motifs is 1. The van der Waals surface area contributed by atoms with Crippen molar-refractivity contribution in [1.29, 1.82) is 0 Å². The Morgan fingerprint density at radius 1 is 1.22 bits per heavy atom. The molecule has 1 N–H and O–H groups in total. The highest BCUT2D eigenvalue weighted by Gasteiger charge is 2.17. The van der Waals surface area contributed by atoms with Crippen LogP contribution in [0.3, 0.4) is 0 Å². The molecule has 0 bridgehead atoms. The number of hydrogen-bond donors (Lipinski definition) is 1. The monoisotopic (exact) mass is 452 g/mol. The fourth-order valence-corrected chi connectivity index (χ4v) is 5.29. The van der Waals surface area contributed by atoms with E-state index in [1.165, 1.54) is 42.7 Å². The molecule has 1 fully saturated rings. The van der Waals surface area contributed by atoms with Gasteiger partial charge in [0.25, 0.3) is 5.56 Å². The van der Waals surface area contributed by atoms with Gasteiger partial charge in [-0.2, -0.15) is 0 Å². The molecule has 0 spiro atoms. The summed E-state index contributed by atoms with van der Waals surface area (Å²) in [5.41, 5.74) is 3.02. The summed E-state index contributed by atoms with van der Waals surface area (Å²) in [5, 5.41) is 5.63. The molecule has 6 nitrogen and oxygen atoms in total. The topological polar surface area (TPSA) is 67.2 Å². The Bertz CT molecular complexity index is 1120. The van der Waals surface area contributed by atoms with Crippen molar-refractivity contribution in [2.24, 2.45) is 0 Å². The molecule has 0 saturated carbocycles. The van der Waals surface area contributed by atoms with Crippen LogP contribution in [0.4, 0.5) is 0 Å². The number of piperidine rings is 1. The summed E-state index contributed by atoms with van der Waals surface area (Å²) in [6.07, 6.45) is 6.67. The van der Waals surface area contributed by atoms with Crippen molar-refractivity contribution in [3.05, 3.63) is 51.9 Å². The Balaban J connectivity index is 1.33. The number of likely N-dealkylation sites (tertiary alicyclic amines) is 1. The summed E-state index contributed by atoms with van der Waals surface area (Å²) in [7, 11) is 0. The smallest absolute Gasteiger partial charge is 0.262 e. The summed E-state index contributed by atoms with van der Waals surface area (Å²) in [5.74, 6) is -0.0206. The van der Waals surface area contributed by atoms with E-state index >= 15 is 0 Å². The van der Waals surface area contributed by atoms with E-state index in [2.05, 4.69) is 22.1 Å². The quantitative estimate of drug-likeness (QED) is 0.520. The maximum absolute atomic E-state index is 13.1. The lowest BCUT2D eigenvalue weighted by molar-refractivity contribution is -0.121. The van der Waals surface area contributed by atoms with Crippen LogP contribution in [0, 0.1) is 6.92 Å². The van der Waals surface area contributed by atoms with Crippen LogP contribution < -0.4 is 10.9 Å². The van der Waals surface area contributed by atoms with E-state index in [0.717, 1.165) is 28.9 Å². The molecule has 1 amide bonds. The van der Waals surface area contributed by atoms with Crippen molar-refractivity contribution < 1.29 is 4.79 Å². The van der Waals surface area contributed by atoms with Gasteiger partial charge in [-0.3, -0.25) is 14.2 Å². The first-order valence-corrected chi connectivity index (χ1v) is 12.5. The lowest BCUT2D eigenvalue weighted by atomic mass is 10.0. The van der Waals surface area contributed by atoms with E-state index in [9.17, 15) is 9.59 Å².